The lowest BCUT2D eigenvalue weighted by Crippen LogP contribution is -2.44. The van der Waals surface area contributed by atoms with E-state index >= 15 is 0 Å². The Morgan fingerprint density at radius 2 is 0.968 bits per heavy atom. The SMILES string of the molecule is C.CC(C)(C)OC(=O)N1CCC(O)CC1.CC(C)(C)OC(=O)N1CCC(Oc2cc(F)ccc2Br)CC1.CC(C)(C)OC(=O)N=NC(=O)OC(C)(C)C.Oc1cc(F)ccc1Br. The summed E-state index contributed by atoms with van der Waals surface area (Å²) in [5.41, 5.74) is -2.25. The second-order valence-corrected chi connectivity index (χ2v) is 19.5. The van der Waals surface area contributed by atoms with E-state index in [4.69, 9.17) is 28.8 Å². The molecule has 0 bridgehead atoms. The molecule has 2 aliphatic heterocycles. The van der Waals surface area contributed by atoms with Crippen molar-refractivity contribution in [3.8, 4) is 11.5 Å². The van der Waals surface area contributed by atoms with Crippen LogP contribution >= 0.6 is 31.9 Å². The Kier molecular flexibility index (Phi) is 24.2. The molecule has 2 aromatic rings. The van der Waals surface area contributed by atoms with E-state index in [2.05, 4.69) is 42.1 Å². The third-order valence-corrected chi connectivity index (χ3v) is 8.63. The van der Waals surface area contributed by atoms with Gasteiger partial charge in [-0.3, -0.25) is 0 Å². The Balaban J connectivity index is 0.000000831. The first-order valence-electron chi connectivity index (χ1n) is 19.6. The zero-order valence-corrected chi connectivity index (χ0v) is 40.3. The molecule has 19 heteroatoms. The lowest BCUT2D eigenvalue weighted by Gasteiger charge is -2.33. The van der Waals surface area contributed by atoms with Crippen molar-refractivity contribution >= 4 is 56.2 Å². The molecule has 2 fully saturated rings. The number of hydrogen-bond acceptors (Lipinski definition) is 11. The highest BCUT2D eigenvalue weighted by Gasteiger charge is 2.29. The van der Waals surface area contributed by atoms with E-state index in [1.54, 1.807) is 57.4 Å². The van der Waals surface area contributed by atoms with Gasteiger partial charge in [0.25, 0.3) is 0 Å². The van der Waals surface area contributed by atoms with Gasteiger partial charge >= 0.3 is 24.4 Å². The average Bonchev–Trinajstić information content (AvgIpc) is 3.09. The number of carbonyl (C=O) groups is 4. The van der Waals surface area contributed by atoms with Crippen LogP contribution in [0.5, 0.6) is 11.5 Å². The lowest BCUT2D eigenvalue weighted by molar-refractivity contribution is 0.00956. The van der Waals surface area contributed by atoms with Gasteiger partial charge in [0, 0.05) is 51.2 Å². The number of rotatable bonds is 2. The summed E-state index contributed by atoms with van der Waals surface area (Å²) in [6.07, 6.45) is 0.00700. The fourth-order valence-corrected chi connectivity index (χ4v) is 5.32. The van der Waals surface area contributed by atoms with E-state index < -0.39 is 40.4 Å². The Bertz CT molecular complexity index is 1730. The number of phenolic OH excluding ortho intramolecular Hbond substituents is 1. The second-order valence-electron chi connectivity index (χ2n) is 17.8. The summed E-state index contributed by atoms with van der Waals surface area (Å²) in [6.45, 7) is 23.6. The van der Waals surface area contributed by atoms with Crippen LogP contribution < -0.4 is 4.74 Å². The largest absolute Gasteiger partial charge is 0.507 e. The summed E-state index contributed by atoms with van der Waals surface area (Å²) < 4.78 is 52.7. The minimum Gasteiger partial charge on any atom is -0.507 e. The smallest absolute Gasteiger partial charge is 0.453 e. The number of likely N-dealkylation sites (tertiary alicyclic amines) is 2. The number of hydrogen-bond donors (Lipinski definition) is 2. The Morgan fingerprint density at radius 3 is 1.32 bits per heavy atom. The molecule has 2 saturated heterocycles. The molecule has 352 valence electrons. The lowest BCUT2D eigenvalue weighted by atomic mass is 10.1. The van der Waals surface area contributed by atoms with Crippen LogP contribution in [0.15, 0.2) is 55.6 Å². The summed E-state index contributed by atoms with van der Waals surface area (Å²) in [5.74, 6) is -0.342. The first kappa shape index (κ1) is 57.9. The number of amides is 4. The number of nitrogens with zero attached hydrogens (tertiary/aromatic N) is 4. The summed E-state index contributed by atoms with van der Waals surface area (Å²) in [7, 11) is 0. The Hall–Kier alpha value is -4.10. The number of piperidine rings is 2. The minimum atomic E-state index is -0.918. The van der Waals surface area contributed by atoms with E-state index in [0.29, 0.717) is 62.1 Å². The minimum absolute atomic E-state index is 0. The zero-order chi connectivity index (χ0) is 46.9. The summed E-state index contributed by atoms with van der Waals surface area (Å²) in [4.78, 5) is 48.9. The predicted molar refractivity (Wildman–Crippen MR) is 238 cm³/mol. The monoisotopic (exact) mass is 1010 g/mol. The average molecular weight is 1010 g/mol. The maximum atomic E-state index is 13.3. The molecule has 62 heavy (non-hydrogen) atoms. The number of benzene rings is 2. The molecule has 2 heterocycles. The van der Waals surface area contributed by atoms with Crippen LogP contribution in [-0.4, -0.2) is 105 Å². The number of phenols is 1. The molecule has 2 aromatic carbocycles. The van der Waals surface area contributed by atoms with Crippen molar-refractivity contribution < 1.29 is 61.9 Å². The van der Waals surface area contributed by atoms with Crippen LogP contribution in [0.4, 0.5) is 28.0 Å². The van der Waals surface area contributed by atoms with Gasteiger partial charge in [0.05, 0.1) is 15.0 Å². The van der Waals surface area contributed by atoms with Gasteiger partial charge in [0.1, 0.15) is 51.6 Å². The van der Waals surface area contributed by atoms with Gasteiger partial charge in [-0.05, 0) is 152 Å². The number of halogens is 4. The molecular formula is C43H66Br2F2N4O11. The van der Waals surface area contributed by atoms with Crippen LogP contribution in [0.25, 0.3) is 0 Å². The molecule has 2 N–H and O–H groups in total. The van der Waals surface area contributed by atoms with Crippen molar-refractivity contribution in [1.29, 1.82) is 0 Å². The first-order valence-corrected chi connectivity index (χ1v) is 21.2. The number of aliphatic hydroxyl groups is 1. The predicted octanol–water partition coefficient (Wildman–Crippen LogP) is 12.0. The van der Waals surface area contributed by atoms with Gasteiger partial charge in [0.2, 0.25) is 0 Å². The highest BCUT2D eigenvalue weighted by atomic mass is 79.9. The zero-order valence-electron chi connectivity index (χ0n) is 37.1. The molecule has 0 unspecified atom stereocenters. The standard InChI is InChI=1S/C16H21BrFNO3.C10H18N2O4.C10H19NO3.C6H4BrFO.CH4/c1-16(2,3)22-15(20)19-8-6-12(7-9-19)21-14-10-11(18)4-5-13(14)17;1-9(2,3)15-7(13)11-12-8(14)16-10(4,5)6;1-10(2,3)14-9(13)11-6-4-8(12)5-7-11;7-5-2-1-4(8)3-6(5)9;/h4-5,10,12H,6-9H2,1-3H3;1-6H3;8,12H,4-7H2,1-3H3;1-3,9H;1H4. The van der Waals surface area contributed by atoms with E-state index in [1.165, 1.54) is 24.3 Å². The summed E-state index contributed by atoms with van der Waals surface area (Å²) in [6, 6.07) is 8.13. The van der Waals surface area contributed by atoms with Crippen molar-refractivity contribution in [2.24, 2.45) is 10.2 Å². The fraction of sp³-hybridized carbons (Fsp3) is 0.628. The number of carbonyl (C=O) groups excluding carboxylic acids is 4. The van der Waals surface area contributed by atoms with Crippen molar-refractivity contribution in [3.63, 3.8) is 0 Å². The van der Waals surface area contributed by atoms with Gasteiger partial charge in [0.15, 0.2) is 0 Å². The van der Waals surface area contributed by atoms with Crippen molar-refractivity contribution in [2.75, 3.05) is 26.2 Å². The number of aromatic hydroxyl groups is 1. The van der Waals surface area contributed by atoms with Crippen molar-refractivity contribution in [2.45, 2.75) is 151 Å². The van der Waals surface area contributed by atoms with E-state index in [1.807, 2.05) is 41.5 Å². The fourth-order valence-electron chi connectivity index (χ4n) is 4.74. The quantitative estimate of drug-likeness (QED) is 0.215. The highest BCUT2D eigenvalue weighted by Crippen LogP contribution is 2.29. The van der Waals surface area contributed by atoms with Crippen LogP contribution in [0.1, 0.15) is 116 Å². The van der Waals surface area contributed by atoms with Crippen LogP contribution in [0, 0.1) is 11.6 Å². The molecule has 4 amide bonds. The van der Waals surface area contributed by atoms with Crippen LogP contribution in [0.3, 0.4) is 0 Å². The van der Waals surface area contributed by atoms with Crippen molar-refractivity contribution in [3.05, 3.63) is 57.0 Å². The molecule has 4 rings (SSSR count). The first-order chi connectivity index (χ1) is 27.8. The van der Waals surface area contributed by atoms with Crippen LogP contribution in [0.2, 0.25) is 0 Å². The number of azo groups is 1. The summed E-state index contributed by atoms with van der Waals surface area (Å²) in [5, 5.41) is 24.2. The summed E-state index contributed by atoms with van der Waals surface area (Å²) >= 11 is 6.36. The molecule has 15 nitrogen and oxygen atoms in total. The molecule has 0 spiro atoms. The second kappa shape index (κ2) is 25.9. The van der Waals surface area contributed by atoms with Crippen molar-refractivity contribution in [1.82, 2.24) is 9.80 Å². The molecular weight excluding hydrogens is 946 g/mol. The van der Waals surface area contributed by atoms with Gasteiger partial charge in [-0.1, -0.05) is 17.7 Å². The molecule has 0 atom stereocenters. The molecule has 2 aliphatic rings. The topological polar surface area (TPSA) is 186 Å². The Labute approximate surface area is 382 Å². The Morgan fingerprint density at radius 1 is 0.613 bits per heavy atom. The third-order valence-electron chi connectivity index (χ3n) is 7.31. The van der Waals surface area contributed by atoms with Gasteiger partial charge in [-0.25, -0.2) is 28.0 Å². The number of ether oxygens (including phenoxy) is 5. The van der Waals surface area contributed by atoms with E-state index in [0.717, 1.165) is 10.5 Å². The van der Waals surface area contributed by atoms with Gasteiger partial charge < -0.3 is 43.7 Å². The number of aliphatic hydroxyl groups excluding tert-OH is 1. The van der Waals surface area contributed by atoms with Gasteiger partial charge in [-0.2, -0.15) is 0 Å². The van der Waals surface area contributed by atoms with E-state index in [-0.39, 0.29) is 43.4 Å². The molecule has 0 aromatic heterocycles. The normalized spacial score (nSPS) is 14.9. The molecule has 0 radical (unpaired) electrons. The molecule has 0 aliphatic carbocycles. The maximum absolute atomic E-state index is 13.3. The van der Waals surface area contributed by atoms with E-state index in [9.17, 15) is 33.1 Å². The highest BCUT2D eigenvalue weighted by molar-refractivity contribution is 9.10. The maximum Gasteiger partial charge on any atom is 0.453 e. The van der Waals surface area contributed by atoms with Crippen LogP contribution in [-0.2, 0) is 18.9 Å². The molecule has 0 saturated carbocycles. The van der Waals surface area contributed by atoms with Gasteiger partial charge in [-0.15, -0.1) is 0 Å². The third kappa shape index (κ3) is 27.1.